The minimum absolute atomic E-state index is 0.0690. The van der Waals surface area contributed by atoms with Crippen LogP contribution >= 0.6 is 0 Å². The Morgan fingerprint density at radius 1 is 1.18 bits per heavy atom. The van der Waals surface area contributed by atoms with E-state index in [1.807, 2.05) is 23.6 Å². The molecule has 206 valence electrons. The lowest BCUT2D eigenvalue weighted by molar-refractivity contribution is 0.0696. The number of aryl methyl sites for hydroxylation is 1. The average Bonchev–Trinajstić information content (AvgIpc) is 3.31. The van der Waals surface area contributed by atoms with Crippen molar-refractivity contribution in [2.24, 2.45) is 5.92 Å². The van der Waals surface area contributed by atoms with Crippen molar-refractivity contribution in [1.82, 2.24) is 24.4 Å². The Labute approximate surface area is 229 Å². The molecular weight excluding hydrogens is 518 g/mol. The number of carbonyl (C=O) groups is 1. The van der Waals surface area contributed by atoms with Crippen LogP contribution in [0.5, 0.6) is 5.75 Å². The highest BCUT2D eigenvalue weighted by atomic mass is 19.1. The maximum atomic E-state index is 14.6. The second-order valence-electron chi connectivity index (χ2n) is 9.83. The van der Waals surface area contributed by atoms with Crippen molar-refractivity contribution in [1.29, 1.82) is 5.26 Å². The zero-order valence-corrected chi connectivity index (χ0v) is 22.0. The third-order valence-corrected chi connectivity index (χ3v) is 7.20. The number of piperidine rings is 1. The molecule has 0 saturated carbocycles. The Kier molecular flexibility index (Phi) is 7.98. The van der Waals surface area contributed by atoms with Crippen molar-refractivity contribution in [3.8, 4) is 11.8 Å². The number of hydrogen-bond donors (Lipinski definition) is 1. The SMILES string of the molecule is CCn1c(CN2CCC(Cc3ccnc(COc4ccc(F)cc4C#N)n3)CC2)nc2c(F)cc(C(=O)O)cc21. The summed E-state index contributed by atoms with van der Waals surface area (Å²) in [4.78, 5) is 27.1. The van der Waals surface area contributed by atoms with Crippen LogP contribution in [0.1, 0.15) is 53.0 Å². The van der Waals surface area contributed by atoms with Gasteiger partial charge < -0.3 is 14.4 Å². The first-order chi connectivity index (χ1) is 19.3. The summed E-state index contributed by atoms with van der Waals surface area (Å²) in [6.45, 7) is 4.82. The van der Waals surface area contributed by atoms with Crippen LogP contribution in [-0.2, 0) is 26.1 Å². The van der Waals surface area contributed by atoms with E-state index in [0.29, 0.717) is 30.3 Å². The fourth-order valence-corrected chi connectivity index (χ4v) is 5.15. The summed E-state index contributed by atoms with van der Waals surface area (Å²) < 4.78 is 35.5. The molecule has 0 aliphatic carbocycles. The van der Waals surface area contributed by atoms with Gasteiger partial charge in [0.15, 0.2) is 11.6 Å². The lowest BCUT2D eigenvalue weighted by atomic mass is 9.92. The lowest BCUT2D eigenvalue weighted by Crippen LogP contribution is -2.34. The minimum Gasteiger partial charge on any atom is -0.484 e. The van der Waals surface area contributed by atoms with Gasteiger partial charge in [-0.15, -0.1) is 0 Å². The zero-order valence-electron chi connectivity index (χ0n) is 22.0. The Bertz CT molecular complexity index is 1590. The highest BCUT2D eigenvalue weighted by Crippen LogP contribution is 2.26. The monoisotopic (exact) mass is 546 g/mol. The smallest absolute Gasteiger partial charge is 0.335 e. The van der Waals surface area contributed by atoms with Crippen molar-refractivity contribution in [2.75, 3.05) is 13.1 Å². The molecule has 0 unspecified atom stereocenters. The van der Waals surface area contributed by atoms with Gasteiger partial charge in [0.1, 0.15) is 35.6 Å². The lowest BCUT2D eigenvalue weighted by Gasteiger charge is -2.31. The highest BCUT2D eigenvalue weighted by molar-refractivity contribution is 5.92. The van der Waals surface area contributed by atoms with Gasteiger partial charge in [-0.05, 0) is 81.6 Å². The predicted octanol–water partition coefficient (Wildman–Crippen LogP) is 4.73. The number of aromatic carboxylic acids is 1. The molecule has 0 atom stereocenters. The van der Waals surface area contributed by atoms with Crippen LogP contribution < -0.4 is 4.74 Å². The van der Waals surface area contributed by atoms with Gasteiger partial charge in [0.25, 0.3) is 0 Å². The number of nitrogens with zero attached hydrogens (tertiary/aromatic N) is 6. The molecule has 1 saturated heterocycles. The number of carboxylic acids is 1. The van der Waals surface area contributed by atoms with Crippen LogP contribution in [0.3, 0.4) is 0 Å². The number of benzene rings is 2. The van der Waals surface area contributed by atoms with Gasteiger partial charge in [0, 0.05) is 18.4 Å². The second kappa shape index (κ2) is 11.8. The molecule has 1 fully saturated rings. The third kappa shape index (κ3) is 5.92. The number of imidazole rings is 1. The van der Waals surface area contributed by atoms with Crippen molar-refractivity contribution in [3.05, 3.63) is 82.7 Å². The molecule has 0 bridgehead atoms. The molecule has 0 radical (unpaired) electrons. The van der Waals surface area contributed by atoms with Crippen LogP contribution in [0, 0.1) is 28.9 Å². The second-order valence-corrected chi connectivity index (χ2v) is 9.83. The van der Waals surface area contributed by atoms with Gasteiger partial charge >= 0.3 is 5.97 Å². The molecule has 9 nitrogen and oxygen atoms in total. The molecule has 40 heavy (non-hydrogen) atoms. The first kappa shape index (κ1) is 27.1. The highest BCUT2D eigenvalue weighted by Gasteiger charge is 2.23. The summed E-state index contributed by atoms with van der Waals surface area (Å²) in [6.07, 6.45) is 4.40. The van der Waals surface area contributed by atoms with Crippen molar-refractivity contribution in [2.45, 2.75) is 45.9 Å². The first-order valence-corrected chi connectivity index (χ1v) is 13.1. The summed E-state index contributed by atoms with van der Waals surface area (Å²) in [5.74, 6) is -0.369. The number of fused-ring (bicyclic) bond motifs is 1. The van der Waals surface area contributed by atoms with E-state index in [1.54, 1.807) is 6.20 Å². The molecule has 0 amide bonds. The number of nitriles is 1. The quantitative estimate of drug-likeness (QED) is 0.320. The fourth-order valence-electron chi connectivity index (χ4n) is 5.15. The molecule has 1 aliphatic rings. The topological polar surface area (TPSA) is 117 Å². The van der Waals surface area contributed by atoms with E-state index >= 15 is 0 Å². The molecule has 11 heteroatoms. The maximum absolute atomic E-state index is 14.6. The van der Waals surface area contributed by atoms with Crippen LogP contribution in [-0.4, -0.2) is 48.6 Å². The van der Waals surface area contributed by atoms with Crippen molar-refractivity contribution in [3.63, 3.8) is 0 Å². The van der Waals surface area contributed by atoms with Crippen LogP contribution in [0.25, 0.3) is 11.0 Å². The number of likely N-dealkylation sites (tertiary alicyclic amines) is 1. The number of carboxylic acid groups (broad SMARTS) is 1. The maximum Gasteiger partial charge on any atom is 0.335 e. The van der Waals surface area contributed by atoms with E-state index in [1.165, 1.54) is 18.2 Å². The normalized spacial score (nSPS) is 14.3. The molecule has 1 aliphatic heterocycles. The Morgan fingerprint density at radius 2 is 1.98 bits per heavy atom. The van der Waals surface area contributed by atoms with Gasteiger partial charge in [-0.1, -0.05) is 0 Å². The number of aromatic nitrogens is 4. The summed E-state index contributed by atoms with van der Waals surface area (Å²) in [7, 11) is 0. The van der Waals surface area contributed by atoms with Gasteiger partial charge in [0.2, 0.25) is 0 Å². The predicted molar refractivity (Wildman–Crippen MR) is 142 cm³/mol. The molecule has 5 rings (SSSR count). The molecule has 1 N–H and O–H groups in total. The van der Waals surface area contributed by atoms with Gasteiger partial charge in [-0.25, -0.2) is 28.5 Å². The van der Waals surface area contributed by atoms with Crippen LogP contribution in [0.2, 0.25) is 0 Å². The van der Waals surface area contributed by atoms with Gasteiger partial charge in [0.05, 0.1) is 23.2 Å². The summed E-state index contributed by atoms with van der Waals surface area (Å²) >= 11 is 0. The van der Waals surface area contributed by atoms with Gasteiger partial charge in [-0.2, -0.15) is 5.26 Å². The average molecular weight is 547 g/mol. The fraction of sp³-hybridized carbons (Fsp3) is 0.345. The van der Waals surface area contributed by atoms with Crippen LogP contribution in [0.4, 0.5) is 8.78 Å². The molecule has 0 spiro atoms. The van der Waals surface area contributed by atoms with E-state index in [0.717, 1.165) is 56.0 Å². The van der Waals surface area contributed by atoms with Crippen molar-refractivity contribution >= 4 is 17.0 Å². The summed E-state index contributed by atoms with van der Waals surface area (Å²) in [5.41, 5.74) is 1.63. The van der Waals surface area contributed by atoms with E-state index in [2.05, 4.69) is 19.9 Å². The molecule has 3 heterocycles. The van der Waals surface area contributed by atoms with E-state index in [4.69, 9.17) is 4.74 Å². The Hall–Kier alpha value is -4.43. The summed E-state index contributed by atoms with van der Waals surface area (Å²) in [5, 5.41) is 18.5. The molecule has 4 aromatic rings. The number of rotatable bonds is 9. The molecule has 2 aromatic heterocycles. The van der Waals surface area contributed by atoms with E-state index in [9.17, 15) is 23.9 Å². The third-order valence-electron chi connectivity index (χ3n) is 7.20. The number of halogens is 2. The Balaban J connectivity index is 1.18. The number of ether oxygens (including phenoxy) is 1. The van der Waals surface area contributed by atoms with Crippen LogP contribution in [0.15, 0.2) is 42.6 Å². The molecule has 2 aromatic carbocycles. The first-order valence-electron chi connectivity index (χ1n) is 13.1. The number of hydrogen-bond acceptors (Lipinski definition) is 7. The standard InChI is InChI=1S/C29H28F2N6O3/c1-2-37-24-14-19(29(38)39)13-23(31)28(24)35-27(37)16-36-9-6-18(7-10-36)11-22-5-8-33-26(34-22)17-40-25-4-3-21(30)12-20(25)15-32/h3-5,8,12-14,18H,2,6-7,9-11,16-17H2,1H3,(H,38,39). The summed E-state index contributed by atoms with van der Waals surface area (Å²) in [6, 6.07) is 10.1. The zero-order chi connectivity index (χ0) is 28.2. The minimum atomic E-state index is -1.17. The largest absolute Gasteiger partial charge is 0.484 e. The van der Waals surface area contributed by atoms with Crippen molar-refractivity contribution < 1.29 is 23.4 Å². The molecular formula is C29H28F2N6O3. The van der Waals surface area contributed by atoms with E-state index < -0.39 is 17.6 Å². The van der Waals surface area contributed by atoms with Gasteiger partial charge in [-0.3, -0.25) is 4.90 Å². The Morgan fingerprint density at radius 3 is 2.70 bits per heavy atom. The van der Waals surface area contributed by atoms with E-state index in [-0.39, 0.29) is 29.0 Å².